The minimum Gasteiger partial charge on any atom is -0.497 e. The Morgan fingerprint density at radius 3 is 2.30 bits per heavy atom. The Balaban J connectivity index is 1.64. The van der Waals surface area contributed by atoms with Gasteiger partial charge in [0.05, 0.1) is 14.2 Å². The third-order valence-corrected chi connectivity index (χ3v) is 5.04. The highest BCUT2D eigenvalue weighted by Gasteiger charge is 2.47. The molecule has 4 amide bonds. The van der Waals surface area contributed by atoms with Crippen molar-refractivity contribution in [1.82, 2.24) is 10.2 Å². The van der Waals surface area contributed by atoms with E-state index in [1.54, 1.807) is 25.1 Å². The Hall–Kier alpha value is -3.55. The number of rotatable bonds is 8. The van der Waals surface area contributed by atoms with Crippen molar-refractivity contribution in [2.24, 2.45) is 0 Å². The molecule has 8 nitrogen and oxygen atoms in total. The Bertz CT molecular complexity index is 925. The molecular weight excluding hydrogens is 386 g/mol. The summed E-state index contributed by atoms with van der Waals surface area (Å²) in [5, 5.41) is 5.40. The molecule has 0 spiro atoms. The molecule has 0 aliphatic carbocycles. The molecule has 1 saturated heterocycles. The van der Waals surface area contributed by atoms with Crippen molar-refractivity contribution in [1.29, 1.82) is 0 Å². The average Bonchev–Trinajstić information content (AvgIpc) is 2.96. The molecule has 30 heavy (non-hydrogen) atoms. The smallest absolute Gasteiger partial charge is 0.325 e. The number of anilines is 1. The monoisotopic (exact) mass is 411 g/mol. The topological polar surface area (TPSA) is 97.0 Å². The van der Waals surface area contributed by atoms with Gasteiger partial charge in [-0.25, -0.2) is 4.79 Å². The van der Waals surface area contributed by atoms with Crippen LogP contribution in [0.15, 0.2) is 48.5 Å². The predicted molar refractivity (Wildman–Crippen MR) is 112 cm³/mol. The molecule has 158 valence electrons. The minimum absolute atomic E-state index is 0.384. The van der Waals surface area contributed by atoms with E-state index in [1.807, 2.05) is 30.3 Å². The van der Waals surface area contributed by atoms with Gasteiger partial charge in [-0.1, -0.05) is 30.3 Å². The Morgan fingerprint density at radius 1 is 1.07 bits per heavy atom. The van der Waals surface area contributed by atoms with Gasteiger partial charge in [-0.15, -0.1) is 0 Å². The van der Waals surface area contributed by atoms with Crippen molar-refractivity contribution in [2.45, 2.75) is 25.3 Å². The van der Waals surface area contributed by atoms with Crippen molar-refractivity contribution < 1.29 is 23.9 Å². The summed E-state index contributed by atoms with van der Waals surface area (Å²) in [7, 11) is 3.01. The molecule has 2 N–H and O–H groups in total. The summed E-state index contributed by atoms with van der Waals surface area (Å²) in [6.07, 6.45) is 1.07. The van der Waals surface area contributed by atoms with Gasteiger partial charge in [0.15, 0.2) is 0 Å². The standard InChI is InChI=1S/C22H25N3O5/c1-22(10-9-15-7-5-4-6-8-15)20(27)25(21(28)24-22)14-19(26)23-16-11-17(29-2)13-18(12-16)30-3/h4-8,11-13H,9-10,14H2,1-3H3,(H,23,26)(H,24,28)/t22-/m0/s1. The first-order valence-electron chi connectivity index (χ1n) is 9.55. The molecule has 8 heteroatoms. The number of imide groups is 1. The van der Waals surface area contributed by atoms with Crippen molar-refractivity contribution >= 4 is 23.5 Å². The molecule has 0 aromatic heterocycles. The number of nitrogens with one attached hydrogen (secondary N) is 2. The number of nitrogens with zero attached hydrogens (tertiary/aromatic N) is 1. The number of hydrogen-bond donors (Lipinski definition) is 2. The van der Waals surface area contributed by atoms with E-state index >= 15 is 0 Å². The largest absolute Gasteiger partial charge is 0.497 e. The number of benzene rings is 2. The second-order valence-corrected chi connectivity index (χ2v) is 7.29. The average molecular weight is 411 g/mol. The zero-order valence-corrected chi connectivity index (χ0v) is 17.2. The first-order valence-corrected chi connectivity index (χ1v) is 9.55. The zero-order valence-electron chi connectivity index (χ0n) is 17.2. The van der Waals surface area contributed by atoms with Crippen LogP contribution in [0.1, 0.15) is 18.9 Å². The van der Waals surface area contributed by atoms with E-state index in [9.17, 15) is 14.4 Å². The summed E-state index contributed by atoms with van der Waals surface area (Å²) < 4.78 is 10.4. The second-order valence-electron chi connectivity index (χ2n) is 7.29. The van der Waals surface area contributed by atoms with Crippen LogP contribution in [0.3, 0.4) is 0 Å². The van der Waals surface area contributed by atoms with E-state index in [0.717, 1.165) is 10.5 Å². The van der Waals surface area contributed by atoms with Gasteiger partial charge in [0.2, 0.25) is 5.91 Å². The first-order chi connectivity index (χ1) is 14.3. The molecule has 0 bridgehead atoms. The molecule has 0 radical (unpaired) electrons. The fraction of sp³-hybridized carbons (Fsp3) is 0.318. The van der Waals surface area contributed by atoms with Gasteiger partial charge in [0, 0.05) is 23.9 Å². The van der Waals surface area contributed by atoms with E-state index in [4.69, 9.17) is 9.47 Å². The Kier molecular flexibility index (Phi) is 6.25. The summed E-state index contributed by atoms with van der Waals surface area (Å²) in [5.74, 6) is 0.101. The number of carbonyl (C=O) groups is 3. The lowest BCUT2D eigenvalue weighted by Crippen LogP contribution is -2.45. The molecule has 2 aromatic rings. The van der Waals surface area contributed by atoms with Gasteiger partial charge in [0.25, 0.3) is 5.91 Å². The lowest BCUT2D eigenvalue weighted by Gasteiger charge is -2.21. The summed E-state index contributed by atoms with van der Waals surface area (Å²) in [6.45, 7) is 1.30. The van der Waals surface area contributed by atoms with E-state index < -0.39 is 23.4 Å². The molecule has 0 unspecified atom stereocenters. The third kappa shape index (κ3) is 4.71. The number of ether oxygens (including phenoxy) is 2. The molecule has 1 aliphatic rings. The molecule has 2 aromatic carbocycles. The minimum atomic E-state index is -1.05. The summed E-state index contributed by atoms with van der Waals surface area (Å²) in [4.78, 5) is 38.7. The molecule has 1 heterocycles. The third-order valence-electron chi connectivity index (χ3n) is 5.04. The maximum Gasteiger partial charge on any atom is 0.325 e. The first kappa shape index (κ1) is 21.2. The van der Waals surface area contributed by atoms with Gasteiger partial charge in [-0.3, -0.25) is 14.5 Å². The molecule has 1 atom stereocenters. The molecule has 1 fully saturated rings. The highest BCUT2D eigenvalue weighted by atomic mass is 16.5. The van der Waals surface area contributed by atoms with Gasteiger partial charge in [-0.2, -0.15) is 0 Å². The van der Waals surface area contributed by atoms with Crippen LogP contribution in [0, 0.1) is 0 Å². The lowest BCUT2D eigenvalue weighted by atomic mass is 9.93. The van der Waals surface area contributed by atoms with Crippen LogP contribution in [-0.4, -0.2) is 49.0 Å². The van der Waals surface area contributed by atoms with Crippen molar-refractivity contribution in [3.8, 4) is 11.5 Å². The molecule has 1 aliphatic heterocycles. The van der Waals surface area contributed by atoms with Crippen LogP contribution >= 0.6 is 0 Å². The summed E-state index contributed by atoms with van der Waals surface area (Å²) in [5.41, 5.74) is 0.464. The summed E-state index contributed by atoms with van der Waals surface area (Å²) in [6, 6.07) is 14.1. The molecule has 0 saturated carbocycles. The van der Waals surface area contributed by atoms with Crippen molar-refractivity contribution in [3.05, 3.63) is 54.1 Å². The van der Waals surface area contributed by atoms with Crippen LogP contribution in [0.25, 0.3) is 0 Å². The Labute approximate surface area is 175 Å². The maximum absolute atomic E-state index is 12.9. The van der Waals surface area contributed by atoms with E-state index in [2.05, 4.69) is 10.6 Å². The van der Waals surface area contributed by atoms with Gasteiger partial charge < -0.3 is 20.1 Å². The lowest BCUT2D eigenvalue weighted by molar-refractivity contribution is -0.133. The van der Waals surface area contributed by atoms with Crippen LogP contribution in [0.5, 0.6) is 11.5 Å². The fourth-order valence-corrected chi connectivity index (χ4v) is 3.32. The van der Waals surface area contributed by atoms with E-state index in [0.29, 0.717) is 30.0 Å². The number of urea groups is 1. The highest BCUT2D eigenvalue weighted by molar-refractivity contribution is 6.09. The predicted octanol–water partition coefficient (Wildman–Crippen LogP) is 2.59. The fourth-order valence-electron chi connectivity index (χ4n) is 3.32. The zero-order chi connectivity index (χ0) is 21.7. The molecular formula is C22H25N3O5. The van der Waals surface area contributed by atoms with Gasteiger partial charge in [0.1, 0.15) is 23.6 Å². The Morgan fingerprint density at radius 2 is 1.70 bits per heavy atom. The molecule has 3 rings (SSSR count). The number of carbonyl (C=O) groups excluding carboxylic acids is 3. The number of methoxy groups -OCH3 is 2. The van der Waals surface area contributed by atoms with E-state index in [-0.39, 0.29) is 6.54 Å². The van der Waals surface area contributed by atoms with Gasteiger partial charge in [-0.05, 0) is 25.3 Å². The summed E-state index contributed by atoms with van der Waals surface area (Å²) >= 11 is 0. The van der Waals surface area contributed by atoms with Crippen molar-refractivity contribution in [2.75, 3.05) is 26.1 Å². The number of aryl methyl sites for hydroxylation is 1. The van der Waals surface area contributed by atoms with Crippen LogP contribution < -0.4 is 20.1 Å². The number of hydrogen-bond acceptors (Lipinski definition) is 5. The normalized spacial score (nSPS) is 18.2. The maximum atomic E-state index is 12.9. The van der Waals surface area contributed by atoms with Gasteiger partial charge >= 0.3 is 6.03 Å². The van der Waals surface area contributed by atoms with Crippen LogP contribution in [0.4, 0.5) is 10.5 Å². The van der Waals surface area contributed by atoms with Crippen molar-refractivity contribution in [3.63, 3.8) is 0 Å². The number of amides is 4. The highest BCUT2D eigenvalue weighted by Crippen LogP contribution is 2.26. The van der Waals surface area contributed by atoms with Crippen LogP contribution in [0.2, 0.25) is 0 Å². The van der Waals surface area contributed by atoms with E-state index in [1.165, 1.54) is 14.2 Å². The SMILES string of the molecule is COc1cc(NC(=O)CN2C(=O)N[C@@](C)(CCc3ccccc3)C2=O)cc(OC)c1. The van der Waals surface area contributed by atoms with Crippen LogP contribution in [-0.2, 0) is 16.0 Å². The quantitative estimate of drug-likeness (QED) is 0.651. The second kappa shape index (κ2) is 8.86.